The van der Waals surface area contributed by atoms with Crippen LogP contribution in [0, 0.1) is 7.14 Å². The number of nitrogens with one attached hydrogen (secondary N) is 1. The number of hydrogen-bond donors (Lipinski definition) is 1. The molecule has 4 aromatic rings. The number of carbonyl (C=O) groups is 1. The normalized spacial score (nSPS) is 11.4. The van der Waals surface area contributed by atoms with Gasteiger partial charge < -0.3 is 9.72 Å². The van der Waals surface area contributed by atoms with Crippen LogP contribution < -0.4 is 0 Å². The summed E-state index contributed by atoms with van der Waals surface area (Å²) in [6.07, 6.45) is -0.517. The minimum atomic E-state index is -0.570. The van der Waals surface area contributed by atoms with Crippen LogP contribution in [0.4, 0.5) is 4.79 Å². The third-order valence-corrected chi connectivity index (χ3v) is 5.34. The van der Waals surface area contributed by atoms with Crippen molar-refractivity contribution in [1.82, 2.24) is 19.5 Å². The van der Waals surface area contributed by atoms with E-state index in [1.54, 1.807) is 0 Å². The molecule has 6 nitrogen and oxygen atoms in total. The average Bonchev–Trinajstić information content (AvgIpc) is 3.11. The Bertz CT molecular complexity index is 1200. The zero-order valence-corrected chi connectivity index (χ0v) is 21.5. The molecular formula is C19H16Cl2I2N4O2. The van der Waals surface area contributed by atoms with Crippen LogP contribution in [0.5, 0.6) is 0 Å². The van der Waals surface area contributed by atoms with Crippen LogP contribution in [0.15, 0.2) is 36.4 Å². The Kier molecular flexibility index (Phi) is 6.96. The number of aromatic amines is 1. The Morgan fingerprint density at radius 3 is 2.31 bits per heavy atom. The van der Waals surface area contributed by atoms with Gasteiger partial charge >= 0.3 is 6.09 Å². The molecule has 0 amide bonds. The van der Waals surface area contributed by atoms with Crippen molar-refractivity contribution in [1.29, 1.82) is 0 Å². The maximum absolute atomic E-state index is 12.1. The topological polar surface area (TPSA) is 72.8 Å². The van der Waals surface area contributed by atoms with Crippen molar-refractivity contribution in [3.05, 3.63) is 54.1 Å². The number of halogens is 4. The number of hydrogen-bond acceptors (Lipinski definition) is 4. The fraction of sp³-hybridized carbons (Fsp3) is 0.211. The molecule has 0 aliphatic heterocycles. The van der Waals surface area contributed by atoms with Crippen molar-refractivity contribution in [3.8, 4) is 0 Å². The predicted molar refractivity (Wildman–Crippen MR) is 133 cm³/mol. The number of H-pyrrole nitrogens is 1. The monoisotopic (exact) mass is 656 g/mol. The molecular weight excluding hydrogens is 641 g/mol. The Hall–Kier alpha value is -1.11. The Labute approximate surface area is 204 Å². The Morgan fingerprint density at radius 2 is 1.66 bits per heavy atom. The van der Waals surface area contributed by atoms with Gasteiger partial charge in [0.2, 0.25) is 10.6 Å². The molecule has 0 saturated heterocycles. The second-order valence-corrected chi connectivity index (χ2v) is 10.2. The minimum Gasteiger partial charge on any atom is -0.443 e. The first-order chi connectivity index (χ1) is 13.5. The van der Waals surface area contributed by atoms with Crippen LogP contribution in [0.2, 0.25) is 10.6 Å². The first-order valence-corrected chi connectivity index (χ1v) is 11.3. The van der Waals surface area contributed by atoms with E-state index in [0.717, 1.165) is 14.6 Å². The molecule has 2 aromatic heterocycles. The maximum atomic E-state index is 12.1. The van der Waals surface area contributed by atoms with Crippen LogP contribution in [-0.2, 0) is 4.74 Å². The van der Waals surface area contributed by atoms with Gasteiger partial charge in [-0.05, 0) is 126 Å². The van der Waals surface area contributed by atoms with Crippen molar-refractivity contribution in [2.75, 3.05) is 0 Å². The third-order valence-electron chi connectivity index (χ3n) is 3.57. The number of fused-ring (bicyclic) bond motifs is 2. The van der Waals surface area contributed by atoms with Gasteiger partial charge in [-0.25, -0.2) is 19.3 Å². The van der Waals surface area contributed by atoms with Gasteiger partial charge in [0.25, 0.3) is 0 Å². The molecule has 0 spiro atoms. The van der Waals surface area contributed by atoms with E-state index in [9.17, 15) is 4.79 Å². The lowest BCUT2D eigenvalue weighted by Gasteiger charge is -2.19. The van der Waals surface area contributed by atoms with Crippen molar-refractivity contribution in [2.24, 2.45) is 0 Å². The predicted octanol–water partition coefficient (Wildman–Crippen LogP) is 6.90. The van der Waals surface area contributed by atoms with Gasteiger partial charge in [0.15, 0.2) is 0 Å². The zero-order valence-electron chi connectivity index (χ0n) is 15.6. The molecule has 0 saturated carbocycles. The van der Waals surface area contributed by atoms with Gasteiger partial charge in [0, 0.05) is 7.14 Å². The van der Waals surface area contributed by atoms with Crippen molar-refractivity contribution in [2.45, 2.75) is 26.4 Å². The zero-order chi connectivity index (χ0) is 21.3. The Balaban J connectivity index is 0.000000186. The average molecular weight is 657 g/mol. The summed E-state index contributed by atoms with van der Waals surface area (Å²) >= 11 is 16.1. The highest BCUT2D eigenvalue weighted by Crippen LogP contribution is 2.23. The summed E-state index contributed by atoms with van der Waals surface area (Å²) in [6, 6.07) is 11.5. The third kappa shape index (κ3) is 5.74. The molecule has 2 aromatic carbocycles. The second kappa shape index (κ2) is 8.94. The molecule has 0 aliphatic carbocycles. The fourth-order valence-electron chi connectivity index (χ4n) is 2.45. The molecule has 1 N–H and O–H groups in total. The van der Waals surface area contributed by atoms with E-state index in [4.69, 9.17) is 27.9 Å². The molecule has 152 valence electrons. The van der Waals surface area contributed by atoms with Crippen LogP contribution in [-0.4, -0.2) is 31.2 Å². The first-order valence-electron chi connectivity index (χ1n) is 8.41. The highest BCUT2D eigenvalue weighted by molar-refractivity contribution is 14.1. The summed E-state index contributed by atoms with van der Waals surface area (Å²) in [5.74, 6) is 0. The summed E-state index contributed by atoms with van der Waals surface area (Å²) in [6.45, 7) is 5.42. The minimum absolute atomic E-state index is 0.112. The van der Waals surface area contributed by atoms with Gasteiger partial charge in [-0.3, -0.25) is 0 Å². The number of aromatic nitrogens is 4. The molecule has 0 unspecified atom stereocenters. The largest absolute Gasteiger partial charge is 0.443 e. The summed E-state index contributed by atoms with van der Waals surface area (Å²) < 4.78 is 8.77. The van der Waals surface area contributed by atoms with Gasteiger partial charge in [0.1, 0.15) is 5.60 Å². The first kappa shape index (κ1) is 22.6. The molecule has 0 bridgehead atoms. The second-order valence-electron chi connectivity index (χ2n) is 7.02. The van der Waals surface area contributed by atoms with E-state index in [2.05, 4.69) is 60.1 Å². The van der Waals surface area contributed by atoms with E-state index >= 15 is 0 Å². The number of benzene rings is 2. The van der Waals surface area contributed by atoms with Gasteiger partial charge in [-0.1, -0.05) is 0 Å². The van der Waals surface area contributed by atoms with E-state index < -0.39 is 11.7 Å². The van der Waals surface area contributed by atoms with E-state index in [-0.39, 0.29) is 5.28 Å². The Morgan fingerprint density at radius 1 is 1.03 bits per heavy atom. The van der Waals surface area contributed by atoms with E-state index in [1.807, 2.05) is 57.2 Å². The number of nitrogens with zero attached hydrogens (tertiary/aromatic N) is 3. The van der Waals surface area contributed by atoms with Crippen molar-refractivity contribution < 1.29 is 9.53 Å². The van der Waals surface area contributed by atoms with Gasteiger partial charge in [-0.15, -0.1) is 0 Å². The lowest BCUT2D eigenvalue weighted by molar-refractivity contribution is 0.0544. The number of carbonyl (C=O) groups excluding carboxylic acids is 1. The van der Waals surface area contributed by atoms with Crippen LogP contribution >= 0.6 is 68.4 Å². The highest BCUT2D eigenvalue weighted by Gasteiger charge is 2.22. The molecule has 4 rings (SSSR count). The number of ether oxygens (including phenoxy) is 1. The number of imidazole rings is 2. The van der Waals surface area contributed by atoms with Crippen molar-refractivity contribution >= 4 is 96.5 Å². The highest BCUT2D eigenvalue weighted by atomic mass is 127. The fourth-order valence-corrected chi connectivity index (χ4v) is 3.86. The van der Waals surface area contributed by atoms with Gasteiger partial charge in [0.05, 0.1) is 22.1 Å². The van der Waals surface area contributed by atoms with E-state index in [0.29, 0.717) is 16.3 Å². The maximum Gasteiger partial charge on any atom is 0.421 e. The molecule has 10 heteroatoms. The lowest BCUT2D eigenvalue weighted by Crippen LogP contribution is -2.27. The summed E-state index contributed by atoms with van der Waals surface area (Å²) in [5.41, 5.74) is 2.66. The lowest BCUT2D eigenvalue weighted by atomic mass is 10.2. The van der Waals surface area contributed by atoms with Crippen LogP contribution in [0.25, 0.3) is 22.1 Å². The van der Waals surface area contributed by atoms with Crippen LogP contribution in [0.3, 0.4) is 0 Å². The molecule has 0 aliphatic rings. The van der Waals surface area contributed by atoms with Gasteiger partial charge in [-0.2, -0.15) is 0 Å². The summed E-state index contributed by atoms with van der Waals surface area (Å²) in [7, 11) is 0. The SMILES string of the molecule is CC(C)(C)OC(=O)n1c(Cl)nc2ccc(I)cc21.Clc1nc2ccc(I)cc2[nH]1. The van der Waals surface area contributed by atoms with Crippen molar-refractivity contribution in [3.63, 3.8) is 0 Å². The standard InChI is InChI=1S/C12H12ClIN2O2.C7H4ClIN2/c1-12(2,3)18-11(17)16-9-6-7(14)4-5-8(9)15-10(16)13;8-7-10-5-2-1-4(9)3-6(5)11-7/h4-6H,1-3H3;1-3H,(H,10,11). The molecule has 0 atom stereocenters. The molecule has 0 fully saturated rings. The van der Waals surface area contributed by atoms with E-state index in [1.165, 1.54) is 8.14 Å². The number of rotatable bonds is 0. The molecule has 29 heavy (non-hydrogen) atoms. The quantitative estimate of drug-likeness (QED) is 0.209. The van der Waals surface area contributed by atoms with Crippen LogP contribution in [0.1, 0.15) is 20.8 Å². The molecule has 2 heterocycles. The smallest absolute Gasteiger partial charge is 0.421 e. The summed E-state index contributed by atoms with van der Waals surface area (Å²) in [5, 5.41) is 0.559. The molecule has 0 radical (unpaired) electrons. The summed E-state index contributed by atoms with van der Waals surface area (Å²) in [4.78, 5) is 23.2.